The third kappa shape index (κ3) is 3.99. The van der Waals surface area contributed by atoms with Crippen LogP contribution in [0.15, 0.2) is 23.1 Å². The summed E-state index contributed by atoms with van der Waals surface area (Å²) in [5, 5.41) is 0. The number of amides is 1. The van der Waals surface area contributed by atoms with Crippen molar-refractivity contribution in [1.29, 1.82) is 0 Å². The molecular formula is C12H17FN2O4S. The number of halogens is 1. The summed E-state index contributed by atoms with van der Waals surface area (Å²) in [6, 6.07) is 3.34. The molecule has 0 unspecified atom stereocenters. The number of ether oxygens (including phenoxy) is 1. The van der Waals surface area contributed by atoms with Gasteiger partial charge in [-0.3, -0.25) is 4.79 Å². The van der Waals surface area contributed by atoms with E-state index >= 15 is 0 Å². The highest BCUT2D eigenvalue weighted by atomic mass is 32.2. The lowest BCUT2D eigenvalue weighted by molar-refractivity contribution is -0.118. The van der Waals surface area contributed by atoms with E-state index in [1.54, 1.807) is 0 Å². The quantitative estimate of drug-likeness (QED) is 0.782. The number of hydrogen-bond donors (Lipinski definition) is 1. The van der Waals surface area contributed by atoms with Gasteiger partial charge in [0.2, 0.25) is 15.9 Å². The number of sulfonamides is 1. The summed E-state index contributed by atoms with van der Waals surface area (Å²) in [6.45, 7) is 1.13. The Labute approximate surface area is 117 Å². The first kappa shape index (κ1) is 16.5. The number of carbonyl (C=O) groups is 1. The van der Waals surface area contributed by atoms with Gasteiger partial charge >= 0.3 is 0 Å². The van der Waals surface area contributed by atoms with Crippen LogP contribution in [0.4, 0.5) is 4.39 Å². The van der Waals surface area contributed by atoms with Crippen LogP contribution in [-0.4, -0.2) is 45.4 Å². The molecule has 0 aliphatic carbocycles. The van der Waals surface area contributed by atoms with E-state index in [9.17, 15) is 17.6 Å². The van der Waals surface area contributed by atoms with Gasteiger partial charge in [-0.25, -0.2) is 12.8 Å². The standard InChI is InChI=1S/C12H17FN2O4S/c1-9-7-10(13)3-4-11(9)20(17,18)15(5-6-19-2)8-12(14)16/h3-4,7H,5-6,8H2,1-2H3,(H2,14,16). The molecule has 0 saturated heterocycles. The molecule has 1 aromatic carbocycles. The van der Waals surface area contributed by atoms with Gasteiger partial charge in [-0.05, 0) is 30.7 Å². The van der Waals surface area contributed by atoms with Crippen LogP contribution in [0.5, 0.6) is 0 Å². The molecule has 8 heteroatoms. The van der Waals surface area contributed by atoms with Gasteiger partial charge in [0, 0.05) is 13.7 Å². The molecule has 2 N–H and O–H groups in total. The van der Waals surface area contributed by atoms with Crippen LogP contribution >= 0.6 is 0 Å². The molecule has 6 nitrogen and oxygen atoms in total. The lowest BCUT2D eigenvalue weighted by Crippen LogP contribution is -2.40. The topological polar surface area (TPSA) is 89.7 Å². The van der Waals surface area contributed by atoms with E-state index in [4.69, 9.17) is 10.5 Å². The van der Waals surface area contributed by atoms with Crippen molar-refractivity contribution >= 4 is 15.9 Å². The predicted octanol–water partition coefficient (Wildman–Crippen LogP) is 0.257. The molecule has 1 rings (SSSR count). The maximum absolute atomic E-state index is 13.0. The van der Waals surface area contributed by atoms with Gasteiger partial charge in [0.05, 0.1) is 18.0 Å². The van der Waals surface area contributed by atoms with E-state index in [0.717, 1.165) is 16.4 Å². The first-order valence-electron chi connectivity index (χ1n) is 5.82. The number of nitrogens with zero attached hydrogens (tertiary/aromatic N) is 1. The Kier molecular flexibility index (Phi) is 5.61. The van der Waals surface area contributed by atoms with Gasteiger partial charge in [-0.15, -0.1) is 0 Å². The maximum Gasteiger partial charge on any atom is 0.243 e. The van der Waals surface area contributed by atoms with Crippen LogP contribution in [0.1, 0.15) is 5.56 Å². The molecule has 20 heavy (non-hydrogen) atoms. The van der Waals surface area contributed by atoms with Crippen molar-refractivity contribution in [1.82, 2.24) is 4.31 Å². The van der Waals surface area contributed by atoms with Gasteiger partial charge in [-0.1, -0.05) is 0 Å². The highest BCUT2D eigenvalue weighted by Crippen LogP contribution is 2.20. The second-order valence-electron chi connectivity index (χ2n) is 4.21. The predicted molar refractivity (Wildman–Crippen MR) is 71.0 cm³/mol. The van der Waals surface area contributed by atoms with E-state index in [1.807, 2.05) is 0 Å². The lowest BCUT2D eigenvalue weighted by atomic mass is 10.2. The van der Waals surface area contributed by atoms with Crippen LogP contribution in [0.25, 0.3) is 0 Å². The lowest BCUT2D eigenvalue weighted by Gasteiger charge is -2.21. The van der Waals surface area contributed by atoms with Gasteiger partial charge in [-0.2, -0.15) is 4.31 Å². The average molecular weight is 304 g/mol. The second kappa shape index (κ2) is 6.78. The Bertz CT molecular complexity index is 589. The van der Waals surface area contributed by atoms with Crippen molar-refractivity contribution in [3.8, 4) is 0 Å². The van der Waals surface area contributed by atoms with Gasteiger partial charge < -0.3 is 10.5 Å². The van der Waals surface area contributed by atoms with E-state index in [-0.39, 0.29) is 23.6 Å². The number of hydrogen-bond acceptors (Lipinski definition) is 4. The zero-order valence-corrected chi connectivity index (χ0v) is 12.1. The van der Waals surface area contributed by atoms with E-state index < -0.39 is 28.3 Å². The average Bonchev–Trinajstić information content (AvgIpc) is 2.33. The normalized spacial score (nSPS) is 11.8. The van der Waals surface area contributed by atoms with Crippen molar-refractivity contribution in [2.75, 3.05) is 26.8 Å². The minimum atomic E-state index is -3.93. The highest BCUT2D eigenvalue weighted by molar-refractivity contribution is 7.89. The number of primary amides is 1. The van der Waals surface area contributed by atoms with Crippen LogP contribution in [0.3, 0.4) is 0 Å². The van der Waals surface area contributed by atoms with Crippen molar-refractivity contribution in [2.24, 2.45) is 5.73 Å². The number of methoxy groups -OCH3 is 1. The van der Waals surface area contributed by atoms with Gasteiger partial charge in [0.1, 0.15) is 5.82 Å². The molecule has 0 saturated carbocycles. The molecule has 0 aromatic heterocycles. The minimum absolute atomic E-state index is 0.0153. The van der Waals surface area contributed by atoms with Crippen molar-refractivity contribution in [3.05, 3.63) is 29.6 Å². The number of rotatable bonds is 7. The van der Waals surface area contributed by atoms with Crippen LogP contribution in [-0.2, 0) is 19.6 Å². The van der Waals surface area contributed by atoms with Crippen LogP contribution in [0.2, 0.25) is 0 Å². The van der Waals surface area contributed by atoms with Crippen LogP contribution < -0.4 is 5.73 Å². The van der Waals surface area contributed by atoms with Gasteiger partial charge in [0.15, 0.2) is 0 Å². The third-order valence-electron chi connectivity index (χ3n) is 2.63. The Morgan fingerprint density at radius 1 is 1.45 bits per heavy atom. The Morgan fingerprint density at radius 3 is 2.60 bits per heavy atom. The molecule has 112 valence electrons. The summed E-state index contributed by atoms with van der Waals surface area (Å²) in [6.07, 6.45) is 0. The Balaban J connectivity index is 3.17. The summed E-state index contributed by atoms with van der Waals surface area (Å²) >= 11 is 0. The Hall–Kier alpha value is -1.51. The molecule has 0 bridgehead atoms. The molecular weight excluding hydrogens is 287 g/mol. The van der Waals surface area contributed by atoms with Gasteiger partial charge in [0.25, 0.3) is 0 Å². The summed E-state index contributed by atoms with van der Waals surface area (Å²) in [5.41, 5.74) is 5.32. The Morgan fingerprint density at radius 2 is 2.10 bits per heavy atom. The second-order valence-corrected chi connectivity index (χ2v) is 6.11. The molecule has 1 amide bonds. The fourth-order valence-corrected chi connectivity index (χ4v) is 3.29. The largest absolute Gasteiger partial charge is 0.383 e. The number of carbonyl (C=O) groups excluding carboxylic acids is 1. The summed E-state index contributed by atoms with van der Waals surface area (Å²) in [4.78, 5) is 10.9. The van der Waals surface area contributed by atoms with E-state index in [1.165, 1.54) is 20.1 Å². The zero-order valence-electron chi connectivity index (χ0n) is 11.3. The molecule has 0 heterocycles. The first-order chi connectivity index (χ1) is 9.28. The van der Waals surface area contributed by atoms with Crippen molar-refractivity contribution in [2.45, 2.75) is 11.8 Å². The molecule has 0 fully saturated rings. The number of nitrogens with two attached hydrogens (primary N) is 1. The fraction of sp³-hybridized carbons (Fsp3) is 0.417. The summed E-state index contributed by atoms with van der Waals surface area (Å²) in [5.74, 6) is -1.30. The SMILES string of the molecule is COCCN(CC(N)=O)S(=O)(=O)c1ccc(F)cc1C. The molecule has 0 atom stereocenters. The molecule has 0 spiro atoms. The smallest absolute Gasteiger partial charge is 0.243 e. The molecule has 0 aliphatic rings. The number of benzene rings is 1. The summed E-state index contributed by atoms with van der Waals surface area (Å²) in [7, 11) is -2.52. The maximum atomic E-state index is 13.0. The molecule has 0 aliphatic heterocycles. The van der Waals surface area contributed by atoms with Crippen LogP contribution in [0, 0.1) is 12.7 Å². The fourth-order valence-electron chi connectivity index (χ4n) is 1.69. The van der Waals surface area contributed by atoms with Crippen molar-refractivity contribution in [3.63, 3.8) is 0 Å². The molecule has 0 radical (unpaired) electrons. The van der Waals surface area contributed by atoms with Crippen molar-refractivity contribution < 1.29 is 22.3 Å². The summed E-state index contributed by atoms with van der Waals surface area (Å²) < 4.78 is 43.7. The number of aryl methyl sites for hydroxylation is 1. The molecule has 1 aromatic rings. The highest BCUT2D eigenvalue weighted by Gasteiger charge is 2.27. The third-order valence-corrected chi connectivity index (χ3v) is 4.64. The van der Waals surface area contributed by atoms with E-state index in [0.29, 0.717) is 0 Å². The monoisotopic (exact) mass is 304 g/mol. The first-order valence-corrected chi connectivity index (χ1v) is 7.26. The zero-order chi connectivity index (χ0) is 15.3. The van der Waals surface area contributed by atoms with E-state index in [2.05, 4.69) is 0 Å². The minimum Gasteiger partial charge on any atom is -0.383 e.